The molecule has 0 spiro atoms. The second-order valence-corrected chi connectivity index (χ2v) is 5.06. The van der Waals surface area contributed by atoms with Crippen molar-refractivity contribution in [3.05, 3.63) is 52.8 Å². The van der Waals surface area contributed by atoms with E-state index < -0.39 is 0 Å². The first-order chi connectivity index (χ1) is 9.69. The number of nitrogens with one attached hydrogen (secondary N) is 1. The Morgan fingerprint density at radius 1 is 1.20 bits per heavy atom. The lowest BCUT2D eigenvalue weighted by Crippen LogP contribution is -2.22. The van der Waals surface area contributed by atoms with Gasteiger partial charge in [0.05, 0.1) is 5.52 Å². The van der Waals surface area contributed by atoms with E-state index in [1.807, 2.05) is 24.5 Å². The standard InChI is InChI=1S/C18H18N2/c1-5-7-16-13(6-2)17-11(3)15-10-19-9-8-14(15)12(4)18(17)20-16/h5-10,20H,1H2,2-4H3/b13-6+,16-7+. The van der Waals surface area contributed by atoms with Gasteiger partial charge in [-0.15, -0.1) is 0 Å². The van der Waals surface area contributed by atoms with Crippen molar-refractivity contribution in [2.24, 2.45) is 0 Å². The first kappa shape index (κ1) is 12.7. The molecule has 0 unspecified atom stereocenters. The lowest BCUT2D eigenvalue weighted by molar-refractivity contribution is 1.33. The van der Waals surface area contributed by atoms with Crippen molar-refractivity contribution in [2.75, 3.05) is 0 Å². The molecule has 2 heteroatoms. The molecular formula is C18H18N2. The molecule has 0 aliphatic rings. The average Bonchev–Trinajstić information content (AvgIpc) is 2.84. The van der Waals surface area contributed by atoms with Gasteiger partial charge in [0.25, 0.3) is 0 Å². The van der Waals surface area contributed by atoms with Crippen LogP contribution < -0.4 is 10.6 Å². The fourth-order valence-corrected chi connectivity index (χ4v) is 3.04. The van der Waals surface area contributed by atoms with Crippen LogP contribution in [0.5, 0.6) is 0 Å². The van der Waals surface area contributed by atoms with Gasteiger partial charge in [0.2, 0.25) is 0 Å². The summed E-state index contributed by atoms with van der Waals surface area (Å²) in [5, 5.41) is 6.14. The summed E-state index contributed by atoms with van der Waals surface area (Å²) in [4.78, 5) is 7.81. The van der Waals surface area contributed by atoms with Crippen LogP contribution in [0.4, 0.5) is 0 Å². The second kappa shape index (κ2) is 4.64. The van der Waals surface area contributed by atoms with Crippen LogP contribution in [0.1, 0.15) is 18.1 Å². The molecule has 1 aromatic carbocycles. The molecule has 0 aliphatic carbocycles. The predicted octanol–water partition coefficient (Wildman–Crippen LogP) is 3.10. The Kier molecular flexibility index (Phi) is 2.94. The molecule has 0 radical (unpaired) electrons. The summed E-state index contributed by atoms with van der Waals surface area (Å²) in [5.74, 6) is 0. The molecule has 0 atom stereocenters. The Hall–Kier alpha value is -2.35. The third-order valence-electron chi connectivity index (χ3n) is 4.02. The Labute approximate surface area is 118 Å². The lowest BCUT2D eigenvalue weighted by Gasteiger charge is -2.07. The Morgan fingerprint density at radius 3 is 2.70 bits per heavy atom. The van der Waals surface area contributed by atoms with Crippen LogP contribution in [0.2, 0.25) is 0 Å². The van der Waals surface area contributed by atoms with E-state index in [1.54, 1.807) is 0 Å². The van der Waals surface area contributed by atoms with Crippen molar-refractivity contribution in [1.82, 2.24) is 9.97 Å². The summed E-state index contributed by atoms with van der Waals surface area (Å²) in [5.41, 5.74) is 3.76. The minimum atomic E-state index is 1.12. The number of hydrogen-bond acceptors (Lipinski definition) is 1. The van der Waals surface area contributed by atoms with E-state index in [9.17, 15) is 0 Å². The van der Waals surface area contributed by atoms with Crippen molar-refractivity contribution in [3.8, 4) is 0 Å². The molecule has 2 heterocycles. The van der Waals surface area contributed by atoms with Crippen LogP contribution in [-0.2, 0) is 0 Å². The normalized spacial score (nSPS) is 13.6. The maximum Gasteiger partial charge on any atom is 0.0503 e. The summed E-state index contributed by atoms with van der Waals surface area (Å²) < 4.78 is 0. The van der Waals surface area contributed by atoms with Gasteiger partial charge in [0, 0.05) is 33.7 Å². The summed E-state index contributed by atoms with van der Waals surface area (Å²) >= 11 is 0. The van der Waals surface area contributed by atoms with Gasteiger partial charge >= 0.3 is 0 Å². The van der Waals surface area contributed by atoms with Crippen molar-refractivity contribution < 1.29 is 0 Å². The monoisotopic (exact) mass is 262 g/mol. The maximum absolute atomic E-state index is 4.28. The van der Waals surface area contributed by atoms with E-state index in [-0.39, 0.29) is 0 Å². The van der Waals surface area contributed by atoms with Gasteiger partial charge in [0.15, 0.2) is 0 Å². The first-order valence-corrected chi connectivity index (χ1v) is 6.82. The molecule has 0 fully saturated rings. The van der Waals surface area contributed by atoms with Crippen molar-refractivity contribution in [3.63, 3.8) is 0 Å². The molecule has 100 valence electrons. The number of aromatic nitrogens is 2. The molecule has 0 amide bonds. The molecule has 3 rings (SSSR count). The zero-order chi connectivity index (χ0) is 14.3. The van der Waals surface area contributed by atoms with E-state index in [1.165, 1.54) is 38.0 Å². The molecule has 0 saturated carbocycles. The second-order valence-electron chi connectivity index (χ2n) is 5.06. The van der Waals surface area contributed by atoms with Crippen molar-refractivity contribution >= 4 is 33.8 Å². The van der Waals surface area contributed by atoms with Crippen LogP contribution in [0.25, 0.3) is 33.8 Å². The van der Waals surface area contributed by atoms with E-state index in [2.05, 4.69) is 49.5 Å². The summed E-state index contributed by atoms with van der Waals surface area (Å²) in [6, 6.07) is 2.09. The van der Waals surface area contributed by atoms with E-state index >= 15 is 0 Å². The van der Waals surface area contributed by atoms with E-state index in [0.717, 1.165) is 5.35 Å². The van der Waals surface area contributed by atoms with Crippen molar-refractivity contribution in [2.45, 2.75) is 20.8 Å². The zero-order valence-electron chi connectivity index (χ0n) is 12.1. The zero-order valence-corrected chi connectivity index (χ0v) is 12.1. The predicted molar refractivity (Wildman–Crippen MR) is 87.1 cm³/mol. The number of H-pyrrole nitrogens is 1. The Morgan fingerprint density at radius 2 is 2.00 bits per heavy atom. The topological polar surface area (TPSA) is 28.7 Å². The fourth-order valence-electron chi connectivity index (χ4n) is 3.04. The third-order valence-corrected chi connectivity index (χ3v) is 4.02. The van der Waals surface area contributed by atoms with Gasteiger partial charge in [-0.1, -0.05) is 18.7 Å². The van der Waals surface area contributed by atoms with Crippen LogP contribution in [0.3, 0.4) is 0 Å². The average molecular weight is 262 g/mol. The minimum absolute atomic E-state index is 1.12. The van der Waals surface area contributed by atoms with Gasteiger partial charge in [-0.2, -0.15) is 0 Å². The molecule has 0 saturated heterocycles. The van der Waals surface area contributed by atoms with E-state index in [4.69, 9.17) is 0 Å². The van der Waals surface area contributed by atoms with E-state index in [0.29, 0.717) is 0 Å². The highest BCUT2D eigenvalue weighted by molar-refractivity contribution is 6.04. The number of allylic oxidation sites excluding steroid dienone is 1. The van der Waals surface area contributed by atoms with Crippen LogP contribution in [0.15, 0.2) is 31.1 Å². The number of fused-ring (bicyclic) bond motifs is 2. The van der Waals surface area contributed by atoms with Crippen molar-refractivity contribution in [1.29, 1.82) is 0 Å². The number of hydrogen-bond donors (Lipinski definition) is 1. The Balaban J connectivity index is 2.71. The highest BCUT2D eigenvalue weighted by atomic mass is 14.7. The Bertz CT molecular complexity index is 943. The SMILES string of the molecule is C=C/C=c1/[nH]c2c(C)c3ccncc3c(C)c2/c1=C/C. The number of pyridine rings is 1. The van der Waals surface area contributed by atoms with Gasteiger partial charge in [-0.25, -0.2) is 0 Å². The summed E-state index contributed by atoms with van der Waals surface area (Å²) in [6.45, 7) is 10.2. The molecule has 2 aromatic heterocycles. The highest BCUT2D eigenvalue weighted by Crippen LogP contribution is 2.28. The summed E-state index contributed by atoms with van der Waals surface area (Å²) in [7, 11) is 0. The molecule has 20 heavy (non-hydrogen) atoms. The largest absolute Gasteiger partial charge is 0.354 e. The van der Waals surface area contributed by atoms with Crippen LogP contribution in [-0.4, -0.2) is 9.97 Å². The van der Waals surface area contributed by atoms with Crippen LogP contribution in [0, 0.1) is 13.8 Å². The van der Waals surface area contributed by atoms with Gasteiger partial charge in [0.1, 0.15) is 0 Å². The quantitative estimate of drug-likeness (QED) is 0.717. The third kappa shape index (κ3) is 1.61. The van der Waals surface area contributed by atoms with Crippen LogP contribution >= 0.6 is 0 Å². The maximum atomic E-state index is 4.28. The summed E-state index contributed by atoms with van der Waals surface area (Å²) in [6.07, 6.45) is 9.82. The number of benzene rings is 1. The molecule has 2 nitrogen and oxygen atoms in total. The lowest BCUT2D eigenvalue weighted by atomic mass is 9.98. The highest BCUT2D eigenvalue weighted by Gasteiger charge is 2.11. The van der Waals surface area contributed by atoms with Gasteiger partial charge in [-0.3, -0.25) is 4.98 Å². The molecule has 0 bridgehead atoms. The fraction of sp³-hybridized carbons (Fsp3) is 0.167. The van der Waals surface area contributed by atoms with Gasteiger partial charge < -0.3 is 4.98 Å². The first-order valence-electron chi connectivity index (χ1n) is 6.82. The number of aromatic amines is 1. The van der Waals surface area contributed by atoms with Gasteiger partial charge in [-0.05, 0) is 49.4 Å². The number of aryl methyl sites for hydroxylation is 2. The molecular weight excluding hydrogens is 244 g/mol. The smallest absolute Gasteiger partial charge is 0.0503 e. The molecule has 0 aliphatic heterocycles. The number of nitrogens with zero attached hydrogens (tertiary/aromatic N) is 1. The molecule has 3 aromatic rings. The minimum Gasteiger partial charge on any atom is -0.354 e. The number of rotatable bonds is 1. The molecule has 1 N–H and O–H groups in total.